The molecule has 96 valence electrons. The summed E-state index contributed by atoms with van der Waals surface area (Å²) in [4.78, 5) is 22.3. The second-order valence-corrected chi connectivity index (χ2v) is 4.06. The summed E-state index contributed by atoms with van der Waals surface area (Å²) in [6.45, 7) is 1.41. The van der Waals surface area contributed by atoms with Crippen molar-refractivity contribution < 1.29 is 14.8 Å². The summed E-state index contributed by atoms with van der Waals surface area (Å²) in [7, 11) is 0. The highest BCUT2D eigenvalue weighted by molar-refractivity contribution is 6.11. The molecule has 0 amide bonds. The number of carbonyl (C=O) groups excluding carboxylic acids is 1. The lowest BCUT2D eigenvalue weighted by molar-refractivity contribution is -0.385. The highest BCUT2D eigenvalue weighted by atomic mass is 16.6. The van der Waals surface area contributed by atoms with E-state index >= 15 is 0 Å². The fourth-order valence-corrected chi connectivity index (χ4v) is 1.82. The maximum atomic E-state index is 12.2. The molecule has 2 aromatic carbocycles. The third-order valence-corrected chi connectivity index (χ3v) is 2.88. The molecule has 0 aromatic heterocycles. The van der Waals surface area contributed by atoms with E-state index in [9.17, 15) is 20.0 Å². The van der Waals surface area contributed by atoms with E-state index in [-0.39, 0.29) is 28.3 Å². The standard InChI is InChI=1S/C14H11NO4/c1-9-12(15(18)19)8-7-11(13(9)16)14(17)10-5-3-2-4-6-10/h2-8,16H,1H3. The molecule has 0 aliphatic carbocycles. The van der Waals surface area contributed by atoms with Crippen LogP contribution in [0.25, 0.3) is 0 Å². The molecule has 0 radical (unpaired) electrons. The van der Waals surface area contributed by atoms with E-state index in [1.807, 2.05) is 0 Å². The average Bonchev–Trinajstić information content (AvgIpc) is 2.41. The number of rotatable bonds is 3. The van der Waals surface area contributed by atoms with Gasteiger partial charge in [0.1, 0.15) is 5.75 Å². The first kappa shape index (κ1) is 12.8. The van der Waals surface area contributed by atoms with E-state index in [0.29, 0.717) is 5.56 Å². The van der Waals surface area contributed by atoms with Gasteiger partial charge in [0.05, 0.1) is 16.1 Å². The van der Waals surface area contributed by atoms with Crippen LogP contribution in [-0.4, -0.2) is 15.8 Å². The van der Waals surface area contributed by atoms with Gasteiger partial charge in [-0.3, -0.25) is 14.9 Å². The van der Waals surface area contributed by atoms with Crippen molar-refractivity contribution in [2.75, 3.05) is 0 Å². The van der Waals surface area contributed by atoms with Crippen molar-refractivity contribution in [1.29, 1.82) is 0 Å². The summed E-state index contributed by atoms with van der Waals surface area (Å²) >= 11 is 0. The summed E-state index contributed by atoms with van der Waals surface area (Å²) in [6.07, 6.45) is 0. The molecule has 0 unspecified atom stereocenters. The normalized spacial score (nSPS) is 10.2. The Balaban J connectivity index is 2.51. The Bertz CT molecular complexity index is 650. The number of nitro groups is 1. The van der Waals surface area contributed by atoms with Gasteiger partial charge in [-0.2, -0.15) is 0 Å². The minimum absolute atomic E-state index is 0.0642. The number of nitrogens with zero attached hydrogens (tertiary/aromatic N) is 1. The van der Waals surface area contributed by atoms with Crippen LogP contribution in [0.2, 0.25) is 0 Å². The number of phenols is 1. The smallest absolute Gasteiger partial charge is 0.276 e. The summed E-state index contributed by atoms with van der Waals surface area (Å²) in [5.74, 6) is -0.709. The number of phenolic OH excluding ortho intramolecular Hbond substituents is 1. The zero-order valence-electron chi connectivity index (χ0n) is 10.2. The fraction of sp³-hybridized carbons (Fsp3) is 0.0714. The fourth-order valence-electron chi connectivity index (χ4n) is 1.82. The van der Waals surface area contributed by atoms with E-state index in [4.69, 9.17) is 0 Å². The van der Waals surface area contributed by atoms with Gasteiger partial charge >= 0.3 is 0 Å². The third-order valence-electron chi connectivity index (χ3n) is 2.88. The topological polar surface area (TPSA) is 80.4 Å². The van der Waals surface area contributed by atoms with Crippen LogP contribution in [-0.2, 0) is 0 Å². The van der Waals surface area contributed by atoms with Crippen LogP contribution in [0.1, 0.15) is 21.5 Å². The van der Waals surface area contributed by atoms with Gasteiger partial charge in [-0.15, -0.1) is 0 Å². The molecule has 0 saturated carbocycles. The number of nitro benzene ring substituents is 1. The third kappa shape index (κ3) is 2.30. The molecule has 0 saturated heterocycles. The van der Waals surface area contributed by atoms with Gasteiger partial charge in [0.2, 0.25) is 0 Å². The number of hydrogen-bond donors (Lipinski definition) is 1. The zero-order chi connectivity index (χ0) is 14.0. The SMILES string of the molecule is Cc1c([N+](=O)[O-])ccc(C(=O)c2ccccc2)c1O. The Hall–Kier alpha value is -2.69. The van der Waals surface area contributed by atoms with Gasteiger partial charge in [-0.05, 0) is 13.0 Å². The molecule has 0 heterocycles. The van der Waals surface area contributed by atoms with Crippen molar-refractivity contribution in [1.82, 2.24) is 0 Å². The molecule has 2 aromatic rings. The second kappa shape index (κ2) is 4.89. The van der Waals surface area contributed by atoms with Crippen molar-refractivity contribution in [2.45, 2.75) is 6.92 Å². The molecule has 0 fully saturated rings. The minimum atomic E-state index is -0.591. The molecule has 2 rings (SSSR count). The summed E-state index contributed by atoms with van der Waals surface area (Å²) in [6, 6.07) is 10.9. The second-order valence-electron chi connectivity index (χ2n) is 4.06. The molecule has 19 heavy (non-hydrogen) atoms. The number of ketones is 1. The van der Waals surface area contributed by atoms with Gasteiger partial charge in [-0.25, -0.2) is 0 Å². The summed E-state index contributed by atoms with van der Waals surface area (Å²) in [5, 5.41) is 20.7. The lowest BCUT2D eigenvalue weighted by Crippen LogP contribution is -2.03. The molecule has 5 nitrogen and oxygen atoms in total. The highest BCUT2D eigenvalue weighted by Crippen LogP contribution is 2.31. The number of benzene rings is 2. The Morgan fingerprint density at radius 1 is 1.16 bits per heavy atom. The minimum Gasteiger partial charge on any atom is -0.507 e. The molecule has 1 N–H and O–H groups in total. The quantitative estimate of drug-likeness (QED) is 0.520. The maximum absolute atomic E-state index is 12.2. The lowest BCUT2D eigenvalue weighted by atomic mass is 9.99. The first-order chi connectivity index (χ1) is 9.02. The summed E-state index contributed by atoms with van der Waals surface area (Å²) in [5.41, 5.74) is 0.370. The van der Waals surface area contributed by atoms with Crippen LogP contribution in [0.5, 0.6) is 5.75 Å². The first-order valence-corrected chi connectivity index (χ1v) is 5.59. The molecular weight excluding hydrogens is 246 g/mol. The van der Waals surface area contributed by atoms with Crippen LogP contribution in [0, 0.1) is 17.0 Å². The van der Waals surface area contributed by atoms with Gasteiger partial charge in [0, 0.05) is 11.6 Å². The van der Waals surface area contributed by atoms with Gasteiger partial charge in [0.25, 0.3) is 5.69 Å². The van der Waals surface area contributed by atoms with Gasteiger partial charge in [0.15, 0.2) is 5.78 Å². The van der Waals surface area contributed by atoms with Crippen LogP contribution >= 0.6 is 0 Å². The Labute approximate surface area is 109 Å². The van der Waals surface area contributed by atoms with Crippen LogP contribution in [0.4, 0.5) is 5.69 Å². The molecule has 0 spiro atoms. The van der Waals surface area contributed by atoms with E-state index < -0.39 is 4.92 Å². The van der Waals surface area contributed by atoms with E-state index in [0.717, 1.165) is 0 Å². The van der Waals surface area contributed by atoms with Gasteiger partial charge in [-0.1, -0.05) is 30.3 Å². The monoisotopic (exact) mass is 257 g/mol. The van der Waals surface area contributed by atoms with Gasteiger partial charge < -0.3 is 5.11 Å². The molecular formula is C14H11NO4. The number of aromatic hydroxyl groups is 1. The number of carbonyl (C=O) groups is 1. The van der Waals surface area contributed by atoms with Crippen molar-refractivity contribution >= 4 is 11.5 Å². The van der Waals surface area contributed by atoms with Crippen LogP contribution in [0.15, 0.2) is 42.5 Å². The highest BCUT2D eigenvalue weighted by Gasteiger charge is 2.21. The Kier molecular flexibility index (Phi) is 3.29. The maximum Gasteiger partial charge on any atom is 0.276 e. The van der Waals surface area contributed by atoms with E-state index in [1.165, 1.54) is 19.1 Å². The van der Waals surface area contributed by atoms with Crippen molar-refractivity contribution in [3.05, 3.63) is 69.3 Å². The summed E-state index contributed by atoms with van der Waals surface area (Å²) < 4.78 is 0. The predicted octanol–water partition coefficient (Wildman–Crippen LogP) is 2.84. The van der Waals surface area contributed by atoms with Crippen molar-refractivity contribution in [2.24, 2.45) is 0 Å². The van der Waals surface area contributed by atoms with Crippen LogP contribution in [0.3, 0.4) is 0 Å². The Morgan fingerprint density at radius 2 is 1.79 bits per heavy atom. The molecule has 0 aliphatic rings. The first-order valence-electron chi connectivity index (χ1n) is 5.59. The zero-order valence-corrected chi connectivity index (χ0v) is 10.2. The lowest BCUT2D eigenvalue weighted by Gasteiger charge is -2.07. The molecule has 0 aliphatic heterocycles. The Morgan fingerprint density at radius 3 is 2.37 bits per heavy atom. The number of hydrogen-bond acceptors (Lipinski definition) is 4. The molecule has 0 atom stereocenters. The molecule has 5 heteroatoms. The van der Waals surface area contributed by atoms with E-state index in [2.05, 4.69) is 0 Å². The predicted molar refractivity (Wildman–Crippen MR) is 69.4 cm³/mol. The largest absolute Gasteiger partial charge is 0.507 e. The van der Waals surface area contributed by atoms with Crippen molar-refractivity contribution in [3.8, 4) is 5.75 Å². The van der Waals surface area contributed by atoms with Crippen molar-refractivity contribution in [3.63, 3.8) is 0 Å². The molecule has 0 bridgehead atoms. The van der Waals surface area contributed by atoms with E-state index in [1.54, 1.807) is 30.3 Å². The van der Waals surface area contributed by atoms with Crippen LogP contribution < -0.4 is 0 Å². The average molecular weight is 257 g/mol.